The Hall–Kier alpha value is -1.68. The van der Waals surface area contributed by atoms with E-state index in [-0.39, 0.29) is 5.92 Å². The van der Waals surface area contributed by atoms with Crippen molar-refractivity contribution in [1.29, 1.82) is 0 Å². The highest BCUT2D eigenvalue weighted by Crippen LogP contribution is 2.23. The van der Waals surface area contributed by atoms with Crippen molar-refractivity contribution in [2.45, 2.75) is 26.7 Å². The van der Waals surface area contributed by atoms with Crippen LogP contribution in [-0.4, -0.2) is 21.3 Å². The quantitative estimate of drug-likeness (QED) is 0.799. The molecule has 0 unspecified atom stereocenters. The van der Waals surface area contributed by atoms with Crippen LogP contribution in [0.5, 0.6) is 0 Å². The van der Waals surface area contributed by atoms with Gasteiger partial charge < -0.3 is 0 Å². The van der Waals surface area contributed by atoms with E-state index in [0.29, 0.717) is 10.7 Å². The van der Waals surface area contributed by atoms with Gasteiger partial charge in [-0.25, -0.2) is 4.68 Å². The van der Waals surface area contributed by atoms with Crippen molar-refractivity contribution in [2.24, 2.45) is 0 Å². The number of aldehydes is 1. The predicted molar refractivity (Wildman–Crippen MR) is 70.6 cm³/mol. The molecule has 0 saturated carbocycles. The van der Waals surface area contributed by atoms with E-state index >= 15 is 0 Å². The van der Waals surface area contributed by atoms with Gasteiger partial charge in [0, 0.05) is 5.02 Å². The van der Waals surface area contributed by atoms with Crippen molar-refractivity contribution in [1.82, 2.24) is 15.0 Å². The molecule has 0 aliphatic rings. The number of hydrogen-bond acceptors (Lipinski definition) is 3. The first-order valence-electron chi connectivity index (χ1n) is 5.72. The fraction of sp³-hybridized carbons (Fsp3) is 0.308. The molecule has 0 radical (unpaired) electrons. The summed E-state index contributed by atoms with van der Waals surface area (Å²) >= 11 is 6.11. The third-order valence-electron chi connectivity index (χ3n) is 2.79. The summed E-state index contributed by atoms with van der Waals surface area (Å²) in [6.45, 7) is 5.93. The first-order chi connectivity index (χ1) is 8.54. The second kappa shape index (κ2) is 4.90. The van der Waals surface area contributed by atoms with Gasteiger partial charge in [0.25, 0.3) is 0 Å². The van der Waals surface area contributed by atoms with Crippen molar-refractivity contribution in [3.63, 3.8) is 0 Å². The van der Waals surface area contributed by atoms with Crippen LogP contribution in [0.15, 0.2) is 18.2 Å². The molecule has 0 saturated heterocycles. The van der Waals surface area contributed by atoms with Gasteiger partial charge in [0.2, 0.25) is 0 Å². The highest BCUT2D eigenvalue weighted by Gasteiger charge is 2.17. The molecule has 2 aromatic rings. The van der Waals surface area contributed by atoms with Crippen LogP contribution in [0.4, 0.5) is 0 Å². The molecule has 2 rings (SSSR count). The summed E-state index contributed by atoms with van der Waals surface area (Å²) in [4.78, 5) is 11.0. The van der Waals surface area contributed by atoms with Crippen LogP contribution in [0, 0.1) is 6.92 Å². The minimum Gasteiger partial charge on any atom is -0.296 e. The van der Waals surface area contributed by atoms with Crippen molar-refractivity contribution >= 4 is 17.9 Å². The molecule has 0 spiro atoms. The molecule has 0 atom stereocenters. The normalized spacial score (nSPS) is 10.9. The molecular formula is C13H14ClN3O. The Labute approximate surface area is 111 Å². The molecule has 0 aliphatic heterocycles. The number of aromatic nitrogens is 3. The van der Waals surface area contributed by atoms with Gasteiger partial charge in [-0.1, -0.05) is 36.7 Å². The summed E-state index contributed by atoms with van der Waals surface area (Å²) in [5, 5.41) is 8.58. The predicted octanol–water partition coefficient (Wildman–Crippen LogP) is 3.17. The van der Waals surface area contributed by atoms with Crippen LogP contribution in [-0.2, 0) is 0 Å². The van der Waals surface area contributed by atoms with E-state index in [1.165, 1.54) is 0 Å². The van der Waals surface area contributed by atoms with E-state index in [1.807, 2.05) is 39.0 Å². The average Bonchev–Trinajstić information content (AvgIpc) is 2.76. The molecule has 1 aromatic heterocycles. The lowest BCUT2D eigenvalue weighted by Crippen LogP contribution is -2.05. The zero-order valence-corrected chi connectivity index (χ0v) is 11.3. The summed E-state index contributed by atoms with van der Waals surface area (Å²) in [6, 6.07) is 5.66. The van der Waals surface area contributed by atoms with Crippen LogP contribution >= 0.6 is 11.6 Å². The first-order valence-corrected chi connectivity index (χ1v) is 6.09. The zero-order chi connectivity index (χ0) is 13.3. The Bertz CT molecular complexity index is 590. The largest absolute Gasteiger partial charge is 0.296 e. The topological polar surface area (TPSA) is 47.8 Å². The van der Waals surface area contributed by atoms with Crippen molar-refractivity contribution in [3.8, 4) is 5.69 Å². The lowest BCUT2D eigenvalue weighted by atomic mass is 10.1. The molecule has 0 aliphatic carbocycles. The van der Waals surface area contributed by atoms with Crippen LogP contribution < -0.4 is 0 Å². The highest BCUT2D eigenvalue weighted by atomic mass is 35.5. The number of benzene rings is 1. The van der Waals surface area contributed by atoms with E-state index in [2.05, 4.69) is 10.3 Å². The molecule has 0 bridgehead atoms. The maximum Gasteiger partial charge on any atom is 0.172 e. The summed E-state index contributed by atoms with van der Waals surface area (Å²) in [7, 11) is 0. The molecule has 0 N–H and O–H groups in total. The highest BCUT2D eigenvalue weighted by molar-refractivity contribution is 6.31. The second-order valence-corrected chi connectivity index (χ2v) is 4.88. The van der Waals surface area contributed by atoms with Crippen molar-refractivity contribution in [3.05, 3.63) is 40.2 Å². The lowest BCUT2D eigenvalue weighted by Gasteiger charge is -2.10. The van der Waals surface area contributed by atoms with E-state index in [0.717, 1.165) is 23.2 Å². The number of carbonyl (C=O) groups is 1. The van der Waals surface area contributed by atoms with Crippen LogP contribution in [0.25, 0.3) is 5.69 Å². The van der Waals surface area contributed by atoms with Crippen LogP contribution in [0.1, 0.15) is 41.5 Å². The maximum absolute atomic E-state index is 11.0. The van der Waals surface area contributed by atoms with Gasteiger partial charge in [0.05, 0.1) is 11.4 Å². The van der Waals surface area contributed by atoms with Gasteiger partial charge in [0.1, 0.15) is 5.69 Å². The van der Waals surface area contributed by atoms with Crippen LogP contribution in [0.2, 0.25) is 5.02 Å². The molecule has 5 heteroatoms. The van der Waals surface area contributed by atoms with Gasteiger partial charge in [0.15, 0.2) is 6.29 Å². The van der Waals surface area contributed by atoms with E-state index < -0.39 is 0 Å². The van der Waals surface area contributed by atoms with Crippen molar-refractivity contribution < 1.29 is 4.79 Å². The summed E-state index contributed by atoms with van der Waals surface area (Å²) in [5.41, 5.74) is 2.99. The van der Waals surface area contributed by atoms with E-state index in [4.69, 9.17) is 11.6 Å². The van der Waals surface area contributed by atoms with E-state index in [9.17, 15) is 4.79 Å². The van der Waals surface area contributed by atoms with Gasteiger partial charge in [-0.05, 0) is 30.5 Å². The number of rotatable bonds is 3. The van der Waals surface area contributed by atoms with Gasteiger partial charge in [-0.15, -0.1) is 5.10 Å². The monoisotopic (exact) mass is 263 g/mol. The fourth-order valence-electron chi connectivity index (χ4n) is 1.83. The zero-order valence-electron chi connectivity index (χ0n) is 10.5. The molecule has 4 nitrogen and oxygen atoms in total. The van der Waals surface area contributed by atoms with E-state index in [1.54, 1.807) is 4.68 Å². The Balaban J connectivity index is 2.60. The molecule has 0 fully saturated rings. The number of nitrogens with zero attached hydrogens (tertiary/aromatic N) is 3. The third-order valence-corrected chi connectivity index (χ3v) is 3.20. The molecule has 94 valence electrons. The maximum atomic E-state index is 11.0. The Morgan fingerprint density at radius 1 is 1.39 bits per heavy atom. The number of hydrogen-bond donors (Lipinski definition) is 0. The standard InChI is InChI=1S/C13H14ClN3O/c1-8(2)13-12(7-18)15-16-17(13)10-5-4-9(3)11(14)6-10/h4-8H,1-3H3. The lowest BCUT2D eigenvalue weighted by molar-refractivity contribution is 0.111. The molecule has 18 heavy (non-hydrogen) atoms. The summed E-state index contributed by atoms with van der Waals surface area (Å²) in [5.74, 6) is 0.153. The number of aryl methyl sites for hydroxylation is 1. The Morgan fingerprint density at radius 3 is 2.67 bits per heavy atom. The third kappa shape index (κ3) is 2.16. The van der Waals surface area contributed by atoms with Gasteiger partial charge >= 0.3 is 0 Å². The summed E-state index contributed by atoms with van der Waals surface area (Å²) < 4.78 is 1.67. The molecule has 1 aromatic carbocycles. The SMILES string of the molecule is Cc1ccc(-n2nnc(C=O)c2C(C)C)cc1Cl. The van der Waals surface area contributed by atoms with Gasteiger partial charge in [-0.3, -0.25) is 4.79 Å². The Morgan fingerprint density at radius 2 is 2.11 bits per heavy atom. The number of halogens is 1. The van der Waals surface area contributed by atoms with Crippen LogP contribution in [0.3, 0.4) is 0 Å². The first kappa shape index (κ1) is 12.8. The fourth-order valence-corrected chi connectivity index (χ4v) is 2.00. The minimum atomic E-state index is 0.153. The molecular weight excluding hydrogens is 250 g/mol. The van der Waals surface area contributed by atoms with Gasteiger partial charge in [-0.2, -0.15) is 0 Å². The smallest absolute Gasteiger partial charge is 0.172 e. The molecule has 1 heterocycles. The van der Waals surface area contributed by atoms with Crippen molar-refractivity contribution in [2.75, 3.05) is 0 Å². The molecule has 0 amide bonds. The summed E-state index contributed by atoms with van der Waals surface area (Å²) in [6.07, 6.45) is 0.731. The number of carbonyl (C=O) groups excluding carboxylic acids is 1. The minimum absolute atomic E-state index is 0.153. The second-order valence-electron chi connectivity index (χ2n) is 4.48. The Kier molecular flexibility index (Phi) is 3.48. The average molecular weight is 264 g/mol.